The predicted molar refractivity (Wildman–Crippen MR) is 74.5 cm³/mol. The first kappa shape index (κ1) is 15.7. The molecule has 0 aliphatic carbocycles. The summed E-state index contributed by atoms with van der Waals surface area (Å²) < 4.78 is 9.85. The van der Waals surface area contributed by atoms with Gasteiger partial charge in [0.05, 0.1) is 0 Å². The van der Waals surface area contributed by atoms with Crippen LogP contribution in [0.3, 0.4) is 0 Å². The van der Waals surface area contributed by atoms with Gasteiger partial charge in [0, 0.05) is 0 Å². The van der Waals surface area contributed by atoms with Gasteiger partial charge in [0.1, 0.15) is 19.0 Å². The third kappa shape index (κ3) is 2.99. The fraction of sp³-hybridized carbons (Fsp3) is 0.267. The predicted octanol–water partition coefficient (Wildman–Crippen LogP) is 1.69. The second-order valence-corrected chi connectivity index (χ2v) is 4.77. The SMILES string of the molecule is C=CCOC(=O)C1(C)CON(C(=O)Oc2ccccc2)C1=O. The van der Waals surface area contributed by atoms with E-state index in [-0.39, 0.29) is 19.0 Å². The molecule has 22 heavy (non-hydrogen) atoms. The van der Waals surface area contributed by atoms with Crippen LogP contribution in [0.2, 0.25) is 0 Å². The highest BCUT2D eigenvalue weighted by molar-refractivity contribution is 6.08. The standard InChI is InChI=1S/C15H15NO6/c1-3-9-20-13(18)15(2)10-21-16(12(15)17)14(19)22-11-7-5-4-6-8-11/h3-8H,1,9-10H2,2H3. The van der Waals surface area contributed by atoms with Gasteiger partial charge in [-0.3, -0.25) is 14.4 Å². The molecule has 0 bridgehead atoms. The van der Waals surface area contributed by atoms with Crippen LogP contribution in [0.5, 0.6) is 5.75 Å². The molecule has 1 heterocycles. The van der Waals surface area contributed by atoms with Gasteiger partial charge in [0.25, 0.3) is 5.91 Å². The van der Waals surface area contributed by atoms with Crippen molar-refractivity contribution >= 4 is 18.0 Å². The van der Waals surface area contributed by atoms with Crippen molar-refractivity contribution in [1.29, 1.82) is 0 Å². The molecule has 0 N–H and O–H groups in total. The van der Waals surface area contributed by atoms with Crippen LogP contribution in [-0.4, -0.2) is 36.2 Å². The number of para-hydroxylation sites is 1. The Kier molecular flexibility index (Phi) is 4.57. The number of amides is 2. The number of benzene rings is 1. The Morgan fingerprint density at radius 2 is 2.09 bits per heavy atom. The minimum absolute atomic E-state index is 0.0316. The Bertz CT molecular complexity index is 599. The Hall–Kier alpha value is -2.67. The number of ether oxygens (including phenoxy) is 2. The number of hydrogen-bond donors (Lipinski definition) is 0. The van der Waals surface area contributed by atoms with Gasteiger partial charge in [0.2, 0.25) is 0 Å². The summed E-state index contributed by atoms with van der Waals surface area (Å²) in [7, 11) is 0. The lowest BCUT2D eigenvalue weighted by molar-refractivity contribution is -0.159. The number of hydrogen-bond acceptors (Lipinski definition) is 6. The minimum atomic E-state index is -1.58. The van der Waals surface area contributed by atoms with Crippen LogP contribution < -0.4 is 4.74 Å². The van der Waals surface area contributed by atoms with Crippen LogP contribution in [0.15, 0.2) is 43.0 Å². The van der Waals surface area contributed by atoms with Gasteiger partial charge in [-0.15, -0.1) is 5.06 Å². The molecule has 1 aromatic carbocycles. The zero-order chi connectivity index (χ0) is 16.2. The van der Waals surface area contributed by atoms with E-state index in [1.54, 1.807) is 30.3 Å². The monoisotopic (exact) mass is 305 g/mol. The Morgan fingerprint density at radius 1 is 1.41 bits per heavy atom. The molecule has 1 aromatic rings. The normalized spacial score (nSPS) is 20.6. The molecular weight excluding hydrogens is 290 g/mol. The Labute approximate surface area is 127 Å². The maximum absolute atomic E-state index is 12.2. The maximum atomic E-state index is 12.2. The van der Waals surface area contributed by atoms with Gasteiger partial charge >= 0.3 is 12.1 Å². The number of imide groups is 1. The Morgan fingerprint density at radius 3 is 2.73 bits per heavy atom. The average Bonchev–Trinajstić information content (AvgIpc) is 2.83. The van der Waals surface area contributed by atoms with Gasteiger partial charge in [0.15, 0.2) is 5.41 Å². The molecule has 2 amide bonds. The van der Waals surface area contributed by atoms with Gasteiger partial charge in [-0.25, -0.2) is 4.79 Å². The van der Waals surface area contributed by atoms with E-state index in [4.69, 9.17) is 14.3 Å². The summed E-state index contributed by atoms with van der Waals surface area (Å²) in [4.78, 5) is 41.1. The summed E-state index contributed by atoms with van der Waals surface area (Å²) >= 11 is 0. The molecule has 1 saturated heterocycles. The topological polar surface area (TPSA) is 82.1 Å². The smallest absolute Gasteiger partial charge is 0.446 e. The van der Waals surface area contributed by atoms with Gasteiger partial charge < -0.3 is 9.47 Å². The quantitative estimate of drug-likeness (QED) is 0.478. The largest absolute Gasteiger partial charge is 0.461 e. The molecule has 1 fully saturated rings. The van der Waals surface area contributed by atoms with Crippen LogP contribution in [-0.2, 0) is 19.2 Å². The number of nitrogens with zero attached hydrogens (tertiary/aromatic N) is 1. The van der Waals surface area contributed by atoms with Crippen LogP contribution in [0.4, 0.5) is 4.79 Å². The lowest BCUT2D eigenvalue weighted by atomic mass is 9.92. The summed E-state index contributed by atoms with van der Waals surface area (Å²) in [5, 5.41) is 0.433. The first-order valence-electron chi connectivity index (χ1n) is 6.51. The van der Waals surface area contributed by atoms with Crippen LogP contribution in [0.25, 0.3) is 0 Å². The van der Waals surface area contributed by atoms with Crippen LogP contribution >= 0.6 is 0 Å². The molecule has 1 atom stereocenters. The summed E-state index contributed by atoms with van der Waals surface area (Å²) in [6.45, 7) is 4.43. The van der Waals surface area contributed by atoms with E-state index in [1.807, 2.05) is 0 Å². The summed E-state index contributed by atoms with van der Waals surface area (Å²) in [5.74, 6) is -1.36. The third-order valence-corrected chi connectivity index (χ3v) is 3.04. The number of hydroxylamine groups is 2. The van der Waals surface area contributed by atoms with Crippen molar-refractivity contribution in [3.05, 3.63) is 43.0 Å². The molecule has 1 aliphatic rings. The summed E-state index contributed by atoms with van der Waals surface area (Å²) in [6, 6.07) is 8.20. The van der Waals surface area contributed by atoms with E-state index in [1.165, 1.54) is 13.0 Å². The molecule has 0 spiro atoms. The minimum Gasteiger partial charge on any atom is -0.461 e. The lowest BCUT2D eigenvalue weighted by Gasteiger charge is -2.17. The molecule has 1 unspecified atom stereocenters. The molecule has 1 aliphatic heterocycles. The highest BCUT2D eigenvalue weighted by Crippen LogP contribution is 2.30. The first-order valence-corrected chi connectivity index (χ1v) is 6.51. The van der Waals surface area contributed by atoms with Gasteiger partial charge in [-0.2, -0.15) is 0 Å². The molecule has 2 rings (SSSR count). The number of esters is 1. The van der Waals surface area contributed by atoms with E-state index in [0.29, 0.717) is 5.06 Å². The zero-order valence-corrected chi connectivity index (χ0v) is 12.0. The van der Waals surface area contributed by atoms with Crippen LogP contribution in [0.1, 0.15) is 6.92 Å². The second kappa shape index (κ2) is 6.40. The number of carbonyl (C=O) groups excluding carboxylic acids is 3. The van der Waals surface area contributed by atoms with Gasteiger partial charge in [-0.1, -0.05) is 30.9 Å². The van der Waals surface area contributed by atoms with E-state index < -0.39 is 23.4 Å². The molecular formula is C15H15NO6. The van der Waals surface area contributed by atoms with Crippen molar-refractivity contribution in [3.63, 3.8) is 0 Å². The van der Waals surface area contributed by atoms with E-state index in [2.05, 4.69) is 6.58 Å². The molecule has 0 saturated carbocycles. The van der Waals surface area contributed by atoms with Crippen molar-refractivity contribution in [2.24, 2.45) is 5.41 Å². The maximum Gasteiger partial charge on any atom is 0.446 e. The van der Waals surface area contributed by atoms with Crippen molar-refractivity contribution in [2.75, 3.05) is 13.2 Å². The van der Waals surface area contributed by atoms with Crippen LogP contribution in [0, 0.1) is 5.41 Å². The van der Waals surface area contributed by atoms with Gasteiger partial charge in [-0.05, 0) is 19.1 Å². The highest BCUT2D eigenvalue weighted by atomic mass is 16.7. The Balaban J connectivity index is 2.05. The molecule has 0 radical (unpaired) electrons. The average molecular weight is 305 g/mol. The van der Waals surface area contributed by atoms with Crippen molar-refractivity contribution in [3.8, 4) is 5.75 Å². The molecule has 116 valence electrons. The summed E-state index contributed by atoms with van der Waals surface area (Å²) in [6.07, 6.45) is 0.361. The molecule has 0 aromatic heterocycles. The van der Waals surface area contributed by atoms with Crippen molar-refractivity contribution in [1.82, 2.24) is 5.06 Å². The number of carbonyl (C=O) groups is 3. The lowest BCUT2D eigenvalue weighted by Crippen LogP contribution is -2.43. The van der Waals surface area contributed by atoms with Crippen molar-refractivity contribution in [2.45, 2.75) is 6.92 Å². The number of rotatable bonds is 4. The molecule has 7 heteroatoms. The first-order chi connectivity index (χ1) is 10.5. The van der Waals surface area contributed by atoms with Crippen molar-refractivity contribution < 1.29 is 28.7 Å². The third-order valence-electron chi connectivity index (χ3n) is 3.04. The molecule has 7 nitrogen and oxygen atoms in total. The highest BCUT2D eigenvalue weighted by Gasteiger charge is 2.54. The second-order valence-electron chi connectivity index (χ2n) is 4.77. The van der Waals surface area contributed by atoms with E-state index in [9.17, 15) is 14.4 Å². The van der Waals surface area contributed by atoms with E-state index in [0.717, 1.165) is 0 Å². The fourth-order valence-corrected chi connectivity index (χ4v) is 1.74. The van der Waals surface area contributed by atoms with E-state index >= 15 is 0 Å². The summed E-state index contributed by atoms with van der Waals surface area (Å²) in [5.41, 5.74) is -1.58. The fourth-order valence-electron chi connectivity index (χ4n) is 1.74. The zero-order valence-electron chi connectivity index (χ0n) is 12.0.